The van der Waals surface area contributed by atoms with Crippen LogP contribution < -0.4 is 4.90 Å². The summed E-state index contributed by atoms with van der Waals surface area (Å²) in [6.07, 6.45) is 1.55. The summed E-state index contributed by atoms with van der Waals surface area (Å²) in [5.41, 5.74) is 0. The fourth-order valence-electron chi connectivity index (χ4n) is 1.61. The Labute approximate surface area is 111 Å². The van der Waals surface area contributed by atoms with Crippen LogP contribution in [-0.4, -0.2) is 56.3 Å². The van der Waals surface area contributed by atoms with Crippen molar-refractivity contribution < 1.29 is 14.2 Å². The molecule has 0 amide bonds. The van der Waals surface area contributed by atoms with Crippen molar-refractivity contribution in [1.82, 2.24) is 9.97 Å². The number of epoxide rings is 1. The van der Waals surface area contributed by atoms with Crippen LogP contribution in [0.15, 0.2) is 12.3 Å². The van der Waals surface area contributed by atoms with E-state index in [1.807, 2.05) is 4.90 Å². The summed E-state index contributed by atoms with van der Waals surface area (Å²) < 4.78 is 15.6. The molecule has 2 rings (SSSR count). The smallest absolute Gasteiger partial charge is 0.224 e. The van der Waals surface area contributed by atoms with Crippen molar-refractivity contribution in [3.63, 3.8) is 0 Å². The Balaban J connectivity index is 2.07. The van der Waals surface area contributed by atoms with E-state index in [9.17, 15) is 0 Å². The van der Waals surface area contributed by atoms with Gasteiger partial charge in [-0.05, 0) is 17.7 Å². The number of halogens is 1. The highest BCUT2D eigenvalue weighted by molar-refractivity contribution is 6.28. The topological polar surface area (TPSA) is 60.0 Å². The quantitative estimate of drug-likeness (QED) is 0.419. The minimum absolute atomic E-state index is 0.223. The zero-order valence-corrected chi connectivity index (χ0v) is 11.1. The summed E-state index contributed by atoms with van der Waals surface area (Å²) in [7, 11) is 3.21. The van der Waals surface area contributed by atoms with Crippen molar-refractivity contribution in [3.8, 4) is 0 Å². The monoisotopic (exact) mass is 273 g/mol. The van der Waals surface area contributed by atoms with Gasteiger partial charge in [0.2, 0.25) is 5.28 Å². The van der Waals surface area contributed by atoms with Crippen LogP contribution in [-0.2, 0) is 14.2 Å². The van der Waals surface area contributed by atoms with Gasteiger partial charge < -0.3 is 19.1 Å². The van der Waals surface area contributed by atoms with E-state index >= 15 is 0 Å². The van der Waals surface area contributed by atoms with Gasteiger partial charge in [0.1, 0.15) is 5.82 Å². The number of rotatable bonds is 7. The van der Waals surface area contributed by atoms with E-state index in [0.717, 1.165) is 19.0 Å². The van der Waals surface area contributed by atoms with Gasteiger partial charge in [0.25, 0.3) is 0 Å². The Bertz CT molecular complexity index is 386. The minimum atomic E-state index is -0.322. The molecule has 0 aromatic carbocycles. The third-order valence-corrected chi connectivity index (χ3v) is 2.84. The van der Waals surface area contributed by atoms with Crippen molar-refractivity contribution >= 4 is 17.4 Å². The molecular formula is C11H16ClN3O3. The molecule has 1 saturated heterocycles. The van der Waals surface area contributed by atoms with Gasteiger partial charge in [0, 0.05) is 27.0 Å². The Morgan fingerprint density at radius 2 is 2.28 bits per heavy atom. The molecule has 0 radical (unpaired) electrons. The fraction of sp³-hybridized carbons (Fsp3) is 0.636. The number of hydrogen-bond acceptors (Lipinski definition) is 6. The van der Waals surface area contributed by atoms with Crippen LogP contribution in [0.2, 0.25) is 5.28 Å². The van der Waals surface area contributed by atoms with E-state index < -0.39 is 0 Å². The molecular weight excluding hydrogens is 258 g/mol. The zero-order valence-electron chi connectivity index (χ0n) is 10.4. The highest BCUT2D eigenvalue weighted by Crippen LogP contribution is 2.18. The van der Waals surface area contributed by atoms with Crippen LogP contribution in [0.3, 0.4) is 0 Å². The lowest BCUT2D eigenvalue weighted by Crippen LogP contribution is -2.37. The van der Waals surface area contributed by atoms with Gasteiger partial charge in [-0.3, -0.25) is 0 Å². The standard InChI is InChI=1S/C11H16ClN3O3/c1-16-10(17-2)6-15(5-8-7-18-8)9-3-4-13-11(12)14-9/h3-4,8,10H,5-7H2,1-2H3. The predicted molar refractivity (Wildman–Crippen MR) is 66.8 cm³/mol. The molecule has 0 saturated carbocycles. The zero-order chi connectivity index (χ0) is 13.0. The second-order valence-electron chi connectivity index (χ2n) is 3.95. The summed E-state index contributed by atoms with van der Waals surface area (Å²) in [6, 6.07) is 1.80. The molecule has 1 aliphatic heterocycles. The fourth-order valence-corrected chi connectivity index (χ4v) is 1.75. The van der Waals surface area contributed by atoms with Gasteiger partial charge in [0.15, 0.2) is 6.29 Å². The number of hydrogen-bond donors (Lipinski definition) is 0. The van der Waals surface area contributed by atoms with E-state index in [1.54, 1.807) is 26.5 Å². The molecule has 18 heavy (non-hydrogen) atoms. The maximum atomic E-state index is 5.80. The molecule has 1 atom stereocenters. The average Bonchev–Trinajstić information content (AvgIpc) is 3.18. The van der Waals surface area contributed by atoms with Gasteiger partial charge in [0.05, 0.1) is 19.3 Å². The van der Waals surface area contributed by atoms with Crippen molar-refractivity contribution in [1.29, 1.82) is 0 Å². The minimum Gasteiger partial charge on any atom is -0.371 e. The highest BCUT2D eigenvalue weighted by atomic mass is 35.5. The van der Waals surface area contributed by atoms with E-state index in [4.69, 9.17) is 25.8 Å². The largest absolute Gasteiger partial charge is 0.371 e. The van der Waals surface area contributed by atoms with Crippen LogP contribution in [0.4, 0.5) is 5.82 Å². The van der Waals surface area contributed by atoms with E-state index in [2.05, 4.69) is 9.97 Å². The van der Waals surface area contributed by atoms with Gasteiger partial charge in [-0.25, -0.2) is 9.97 Å². The average molecular weight is 274 g/mol. The van der Waals surface area contributed by atoms with Crippen LogP contribution in [0.25, 0.3) is 0 Å². The number of methoxy groups -OCH3 is 2. The normalized spacial score (nSPS) is 18.1. The predicted octanol–water partition coefficient (Wildman–Crippen LogP) is 0.954. The lowest BCUT2D eigenvalue weighted by molar-refractivity contribution is -0.0950. The Hall–Kier alpha value is -0.950. The first-order valence-electron chi connectivity index (χ1n) is 5.63. The van der Waals surface area contributed by atoms with E-state index in [-0.39, 0.29) is 17.7 Å². The lowest BCUT2D eigenvalue weighted by Gasteiger charge is -2.26. The van der Waals surface area contributed by atoms with Gasteiger partial charge in [-0.1, -0.05) is 0 Å². The Morgan fingerprint density at radius 1 is 1.56 bits per heavy atom. The first kappa shape index (κ1) is 13.5. The number of anilines is 1. The molecule has 1 aromatic heterocycles. The van der Waals surface area contributed by atoms with Gasteiger partial charge >= 0.3 is 0 Å². The SMILES string of the molecule is COC(CN(CC1CO1)c1ccnc(Cl)n1)OC. The molecule has 0 aliphatic carbocycles. The van der Waals surface area contributed by atoms with Crippen molar-refractivity contribution in [2.45, 2.75) is 12.4 Å². The third-order valence-electron chi connectivity index (χ3n) is 2.66. The molecule has 7 heteroatoms. The summed E-state index contributed by atoms with van der Waals surface area (Å²) in [4.78, 5) is 10.1. The van der Waals surface area contributed by atoms with E-state index in [0.29, 0.717) is 6.54 Å². The van der Waals surface area contributed by atoms with Crippen LogP contribution in [0.5, 0.6) is 0 Å². The third kappa shape index (κ3) is 3.78. The Morgan fingerprint density at radius 3 is 2.83 bits per heavy atom. The number of nitrogens with zero attached hydrogens (tertiary/aromatic N) is 3. The van der Waals surface area contributed by atoms with Gasteiger partial charge in [-0.2, -0.15) is 0 Å². The van der Waals surface area contributed by atoms with Crippen molar-refractivity contribution in [2.24, 2.45) is 0 Å². The van der Waals surface area contributed by atoms with Crippen molar-refractivity contribution in [3.05, 3.63) is 17.5 Å². The van der Waals surface area contributed by atoms with Crippen molar-refractivity contribution in [2.75, 3.05) is 38.8 Å². The second kappa shape index (κ2) is 6.29. The van der Waals surface area contributed by atoms with Crippen LogP contribution in [0, 0.1) is 0 Å². The molecule has 1 fully saturated rings. The molecule has 1 aliphatic rings. The molecule has 6 nitrogen and oxygen atoms in total. The number of aromatic nitrogens is 2. The Kier molecular flexibility index (Phi) is 4.71. The van der Waals surface area contributed by atoms with E-state index in [1.165, 1.54) is 0 Å². The molecule has 100 valence electrons. The second-order valence-corrected chi connectivity index (χ2v) is 4.28. The summed E-state index contributed by atoms with van der Waals surface area (Å²) in [5, 5.41) is 0.223. The molecule has 0 spiro atoms. The summed E-state index contributed by atoms with van der Waals surface area (Å²) >= 11 is 5.80. The molecule has 0 N–H and O–H groups in total. The highest BCUT2D eigenvalue weighted by Gasteiger charge is 2.27. The molecule has 1 aromatic rings. The molecule has 2 heterocycles. The lowest BCUT2D eigenvalue weighted by atomic mass is 10.3. The molecule has 0 bridgehead atoms. The summed E-state index contributed by atoms with van der Waals surface area (Å²) in [5.74, 6) is 0.740. The van der Waals surface area contributed by atoms with Crippen LogP contribution >= 0.6 is 11.6 Å². The maximum absolute atomic E-state index is 5.80. The van der Waals surface area contributed by atoms with Gasteiger partial charge in [-0.15, -0.1) is 0 Å². The number of ether oxygens (including phenoxy) is 3. The first-order valence-corrected chi connectivity index (χ1v) is 6.01. The first-order chi connectivity index (χ1) is 8.72. The van der Waals surface area contributed by atoms with Crippen LogP contribution in [0.1, 0.15) is 0 Å². The summed E-state index contributed by atoms with van der Waals surface area (Å²) in [6.45, 7) is 2.07. The molecule has 1 unspecified atom stereocenters. The maximum Gasteiger partial charge on any atom is 0.224 e.